The van der Waals surface area contributed by atoms with E-state index in [1.165, 1.54) is 20.8 Å². The third kappa shape index (κ3) is 6.62. The molecule has 0 aromatic heterocycles. The first-order valence-electron chi connectivity index (χ1n) is 8.58. The number of rotatable bonds is 7. The number of esters is 3. The van der Waals surface area contributed by atoms with Crippen LogP contribution in [-0.4, -0.2) is 60.9 Å². The van der Waals surface area contributed by atoms with Crippen molar-refractivity contribution in [2.75, 3.05) is 6.61 Å². The Kier molecular flexibility index (Phi) is 8.50. The molecule has 26 heavy (non-hydrogen) atoms. The molecule has 0 aromatic rings. The van der Waals surface area contributed by atoms with Crippen molar-refractivity contribution < 1.29 is 38.1 Å². The third-order valence-corrected chi connectivity index (χ3v) is 3.80. The topological polar surface area (TPSA) is 117 Å². The van der Waals surface area contributed by atoms with Crippen LogP contribution in [0.1, 0.15) is 47.5 Å². The molecule has 0 spiro atoms. The molecule has 1 saturated heterocycles. The van der Waals surface area contributed by atoms with Crippen LogP contribution in [0.3, 0.4) is 0 Å². The molecule has 5 unspecified atom stereocenters. The molecule has 9 heteroatoms. The SMILES string of the molecule is CCCC(=O)NC1C(C)OC(COC(C)=O)C(OC(C)=O)C1OC(C)=O. The highest BCUT2D eigenvalue weighted by atomic mass is 16.6. The van der Waals surface area contributed by atoms with Crippen LogP contribution in [0.15, 0.2) is 0 Å². The lowest BCUT2D eigenvalue weighted by atomic mass is 9.92. The van der Waals surface area contributed by atoms with Gasteiger partial charge in [-0.15, -0.1) is 0 Å². The van der Waals surface area contributed by atoms with E-state index in [1.54, 1.807) is 6.92 Å². The molecule has 0 bridgehead atoms. The fourth-order valence-electron chi connectivity index (χ4n) is 2.81. The predicted octanol–water partition coefficient (Wildman–Crippen LogP) is 0.485. The second-order valence-electron chi connectivity index (χ2n) is 6.17. The van der Waals surface area contributed by atoms with Crippen molar-refractivity contribution in [3.8, 4) is 0 Å². The Morgan fingerprint density at radius 1 is 0.962 bits per heavy atom. The first-order chi connectivity index (χ1) is 12.1. The fourth-order valence-corrected chi connectivity index (χ4v) is 2.81. The Balaban J connectivity index is 3.10. The van der Waals surface area contributed by atoms with Gasteiger partial charge in [0.15, 0.2) is 12.2 Å². The first kappa shape index (κ1) is 21.9. The third-order valence-electron chi connectivity index (χ3n) is 3.80. The van der Waals surface area contributed by atoms with Crippen molar-refractivity contribution in [2.45, 2.75) is 77.9 Å². The monoisotopic (exact) mass is 373 g/mol. The molecule has 0 aromatic carbocycles. The maximum atomic E-state index is 12.0. The second kappa shape index (κ2) is 10.1. The summed E-state index contributed by atoms with van der Waals surface area (Å²) in [6.07, 6.45) is -2.45. The van der Waals surface area contributed by atoms with Crippen LogP contribution in [0.5, 0.6) is 0 Å². The number of carbonyl (C=O) groups is 4. The second-order valence-corrected chi connectivity index (χ2v) is 6.17. The Morgan fingerprint density at radius 2 is 1.54 bits per heavy atom. The highest BCUT2D eigenvalue weighted by Crippen LogP contribution is 2.27. The number of hydrogen-bond acceptors (Lipinski definition) is 8. The van der Waals surface area contributed by atoms with Crippen molar-refractivity contribution in [1.82, 2.24) is 5.32 Å². The summed E-state index contributed by atoms with van der Waals surface area (Å²) in [6.45, 7) is 7.04. The minimum Gasteiger partial charge on any atom is -0.463 e. The number of amides is 1. The standard InChI is InChI=1S/C17H27NO8/c1-6-7-14(22)18-15-9(2)24-13(8-23-10(3)19)16(25-11(4)20)17(15)26-12(5)21/h9,13,15-17H,6-8H2,1-5H3,(H,18,22). The van der Waals surface area contributed by atoms with Gasteiger partial charge in [-0.2, -0.15) is 0 Å². The molecule has 1 amide bonds. The number of nitrogens with one attached hydrogen (secondary N) is 1. The molecule has 9 nitrogen and oxygen atoms in total. The van der Waals surface area contributed by atoms with Gasteiger partial charge in [0, 0.05) is 27.2 Å². The molecule has 1 rings (SSSR count). The van der Waals surface area contributed by atoms with Gasteiger partial charge >= 0.3 is 17.9 Å². The number of ether oxygens (including phenoxy) is 4. The molecular weight excluding hydrogens is 346 g/mol. The van der Waals surface area contributed by atoms with Crippen LogP contribution >= 0.6 is 0 Å². The predicted molar refractivity (Wildman–Crippen MR) is 88.9 cm³/mol. The lowest BCUT2D eigenvalue weighted by Gasteiger charge is -2.44. The van der Waals surface area contributed by atoms with E-state index in [1.807, 2.05) is 6.92 Å². The van der Waals surface area contributed by atoms with Crippen molar-refractivity contribution in [3.05, 3.63) is 0 Å². The van der Waals surface area contributed by atoms with Gasteiger partial charge in [0.1, 0.15) is 12.7 Å². The average molecular weight is 373 g/mol. The van der Waals surface area contributed by atoms with Gasteiger partial charge < -0.3 is 24.3 Å². The van der Waals surface area contributed by atoms with Crippen molar-refractivity contribution in [3.63, 3.8) is 0 Å². The lowest BCUT2D eigenvalue weighted by molar-refractivity contribution is -0.221. The van der Waals surface area contributed by atoms with Gasteiger partial charge in [-0.3, -0.25) is 19.2 Å². The molecule has 0 radical (unpaired) electrons. The van der Waals surface area contributed by atoms with Gasteiger partial charge in [-0.1, -0.05) is 6.92 Å². The van der Waals surface area contributed by atoms with Crippen LogP contribution in [0.4, 0.5) is 0 Å². The number of carbonyl (C=O) groups excluding carboxylic acids is 4. The number of hydrogen-bond donors (Lipinski definition) is 1. The summed E-state index contributed by atoms with van der Waals surface area (Å²) in [5.41, 5.74) is 0. The lowest BCUT2D eigenvalue weighted by Crippen LogP contribution is -2.65. The summed E-state index contributed by atoms with van der Waals surface area (Å²) in [7, 11) is 0. The van der Waals surface area contributed by atoms with Crippen LogP contribution in [-0.2, 0) is 38.1 Å². The minimum absolute atomic E-state index is 0.176. The molecule has 1 aliphatic rings. The molecule has 5 atom stereocenters. The molecule has 1 heterocycles. The molecule has 1 fully saturated rings. The highest BCUT2D eigenvalue weighted by molar-refractivity contribution is 5.76. The maximum absolute atomic E-state index is 12.0. The van der Waals surface area contributed by atoms with Crippen LogP contribution in [0.2, 0.25) is 0 Å². The molecule has 0 aliphatic carbocycles. The van der Waals surface area contributed by atoms with Crippen LogP contribution in [0.25, 0.3) is 0 Å². The van der Waals surface area contributed by atoms with Gasteiger partial charge in [0.05, 0.1) is 12.1 Å². The van der Waals surface area contributed by atoms with E-state index in [4.69, 9.17) is 18.9 Å². The van der Waals surface area contributed by atoms with Gasteiger partial charge in [0.2, 0.25) is 5.91 Å². The minimum atomic E-state index is -1.03. The Bertz CT molecular complexity index is 535. The molecular formula is C17H27NO8. The largest absolute Gasteiger partial charge is 0.463 e. The van der Waals surface area contributed by atoms with E-state index in [0.29, 0.717) is 12.8 Å². The zero-order valence-corrected chi connectivity index (χ0v) is 15.8. The van der Waals surface area contributed by atoms with E-state index in [0.717, 1.165) is 0 Å². The van der Waals surface area contributed by atoms with Gasteiger partial charge in [-0.25, -0.2) is 0 Å². The van der Waals surface area contributed by atoms with E-state index in [-0.39, 0.29) is 12.5 Å². The van der Waals surface area contributed by atoms with E-state index in [2.05, 4.69) is 5.32 Å². The van der Waals surface area contributed by atoms with Gasteiger partial charge in [0.25, 0.3) is 0 Å². The summed E-state index contributed by atoms with van der Waals surface area (Å²) in [5.74, 6) is -1.96. The summed E-state index contributed by atoms with van der Waals surface area (Å²) < 4.78 is 21.4. The van der Waals surface area contributed by atoms with Crippen LogP contribution < -0.4 is 5.32 Å². The molecule has 1 N–H and O–H groups in total. The Labute approximate surface area is 152 Å². The molecule has 1 aliphatic heterocycles. The van der Waals surface area contributed by atoms with Gasteiger partial charge in [-0.05, 0) is 13.3 Å². The Hall–Kier alpha value is -2.16. The smallest absolute Gasteiger partial charge is 0.303 e. The normalized spacial score (nSPS) is 28.0. The molecule has 148 valence electrons. The average Bonchev–Trinajstić information content (AvgIpc) is 2.51. The fraction of sp³-hybridized carbons (Fsp3) is 0.765. The van der Waals surface area contributed by atoms with Crippen molar-refractivity contribution in [2.24, 2.45) is 0 Å². The Morgan fingerprint density at radius 3 is 2.04 bits per heavy atom. The quantitative estimate of drug-likeness (QED) is 0.506. The first-order valence-corrected chi connectivity index (χ1v) is 8.58. The van der Waals surface area contributed by atoms with Crippen molar-refractivity contribution >= 4 is 23.8 Å². The van der Waals surface area contributed by atoms with E-state index in [9.17, 15) is 19.2 Å². The van der Waals surface area contributed by atoms with Crippen LogP contribution in [0, 0.1) is 0 Å². The maximum Gasteiger partial charge on any atom is 0.303 e. The van der Waals surface area contributed by atoms with E-state index < -0.39 is 48.4 Å². The summed E-state index contributed by atoms with van der Waals surface area (Å²) >= 11 is 0. The summed E-state index contributed by atoms with van der Waals surface area (Å²) in [5, 5.41) is 2.77. The van der Waals surface area contributed by atoms with Crippen molar-refractivity contribution in [1.29, 1.82) is 0 Å². The highest BCUT2D eigenvalue weighted by Gasteiger charge is 2.49. The zero-order chi connectivity index (χ0) is 19.9. The summed E-state index contributed by atoms with van der Waals surface area (Å²) in [6, 6.07) is -0.712. The molecule has 0 saturated carbocycles. The van der Waals surface area contributed by atoms with E-state index >= 15 is 0 Å². The summed E-state index contributed by atoms with van der Waals surface area (Å²) in [4.78, 5) is 46.2. The zero-order valence-electron chi connectivity index (χ0n) is 15.8.